The van der Waals surface area contributed by atoms with Gasteiger partial charge < -0.3 is 0 Å². The fourth-order valence-electron chi connectivity index (χ4n) is 2.97. The third-order valence-electron chi connectivity index (χ3n) is 4.02. The van der Waals surface area contributed by atoms with Crippen molar-refractivity contribution in [2.24, 2.45) is 11.8 Å². The minimum atomic E-state index is 0.445. The summed E-state index contributed by atoms with van der Waals surface area (Å²) in [5.74, 6) is 1.95. The van der Waals surface area contributed by atoms with E-state index in [0.717, 1.165) is 22.2 Å². The van der Waals surface area contributed by atoms with Crippen LogP contribution in [0.4, 0.5) is 0 Å². The predicted molar refractivity (Wildman–Crippen MR) is 71.8 cm³/mol. The minimum absolute atomic E-state index is 0.445. The van der Waals surface area contributed by atoms with Crippen LogP contribution < -0.4 is 0 Å². The molecule has 0 spiro atoms. The largest absolute Gasteiger partial charge is 0.247 e. The van der Waals surface area contributed by atoms with Crippen LogP contribution in [-0.2, 0) is 12.8 Å². The van der Waals surface area contributed by atoms with Crippen LogP contribution in [0.15, 0.2) is 0 Å². The van der Waals surface area contributed by atoms with Crippen LogP contribution in [0.25, 0.3) is 0 Å². The van der Waals surface area contributed by atoms with E-state index >= 15 is 0 Å². The van der Waals surface area contributed by atoms with E-state index < -0.39 is 0 Å². The van der Waals surface area contributed by atoms with Crippen LogP contribution >= 0.6 is 22.6 Å². The van der Waals surface area contributed by atoms with Gasteiger partial charge in [-0.25, -0.2) is 4.68 Å². The van der Waals surface area contributed by atoms with Crippen LogP contribution in [0.1, 0.15) is 44.1 Å². The summed E-state index contributed by atoms with van der Waals surface area (Å²) in [5, 5.41) is 8.67. The van der Waals surface area contributed by atoms with Gasteiger partial charge in [-0.15, -0.1) is 5.10 Å². The van der Waals surface area contributed by atoms with Crippen molar-refractivity contribution in [1.82, 2.24) is 15.0 Å². The number of nitrogens with zero attached hydrogens (tertiary/aromatic N) is 3. The molecule has 4 heteroatoms. The topological polar surface area (TPSA) is 30.7 Å². The van der Waals surface area contributed by atoms with Gasteiger partial charge in [0.25, 0.3) is 0 Å². The molecule has 1 saturated carbocycles. The molecule has 1 aromatic heterocycles. The van der Waals surface area contributed by atoms with Crippen molar-refractivity contribution in [3.05, 3.63) is 11.4 Å². The quantitative estimate of drug-likeness (QED) is 0.585. The summed E-state index contributed by atoms with van der Waals surface area (Å²) in [6.45, 7) is 4.38. The monoisotopic (exact) mass is 331 g/mol. The summed E-state index contributed by atoms with van der Waals surface area (Å²) >= 11 is 2.63. The minimum Gasteiger partial charge on any atom is -0.247 e. The summed E-state index contributed by atoms with van der Waals surface area (Å²) in [5.41, 5.74) is 2.67. The zero-order valence-corrected chi connectivity index (χ0v) is 12.0. The molecule has 88 valence electrons. The lowest BCUT2D eigenvalue weighted by atomic mass is 10.0. The Bertz CT molecular complexity index is 399. The second kappa shape index (κ2) is 3.96. The fraction of sp³-hybridized carbons (Fsp3) is 0.833. The highest BCUT2D eigenvalue weighted by Crippen LogP contribution is 2.52. The molecule has 1 heterocycles. The van der Waals surface area contributed by atoms with Gasteiger partial charge in [0.2, 0.25) is 0 Å². The number of aromatic nitrogens is 3. The third-order valence-corrected chi connectivity index (χ3v) is 5.86. The second-order valence-corrected chi connectivity index (χ2v) is 6.81. The van der Waals surface area contributed by atoms with E-state index in [-0.39, 0.29) is 0 Å². The number of rotatable bonds is 1. The molecule has 0 N–H and O–H groups in total. The Morgan fingerprint density at radius 3 is 2.62 bits per heavy atom. The summed E-state index contributed by atoms with van der Waals surface area (Å²) in [7, 11) is 0. The summed E-state index contributed by atoms with van der Waals surface area (Å²) in [4.78, 5) is 0. The first-order valence-electron chi connectivity index (χ1n) is 6.25. The Hall–Kier alpha value is -0.130. The number of fused-ring (bicyclic) bond motifs is 2. The Balaban J connectivity index is 1.87. The van der Waals surface area contributed by atoms with Crippen molar-refractivity contribution < 1.29 is 0 Å². The van der Waals surface area contributed by atoms with E-state index in [4.69, 9.17) is 0 Å². The lowest BCUT2D eigenvalue weighted by molar-refractivity contribution is 0.482. The van der Waals surface area contributed by atoms with Gasteiger partial charge >= 0.3 is 0 Å². The molecule has 0 saturated heterocycles. The number of halogens is 1. The number of hydrogen-bond acceptors (Lipinski definition) is 2. The van der Waals surface area contributed by atoms with Crippen molar-refractivity contribution in [3.8, 4) is 0 Å². The van der Waals surface area contributed by atoms with Gasteiger partial charge in [-0.3, -0.25) is 0 Å². The van der Waals surface area contributed by atoms with Gasteiger partial charge in [0.1, 0.15) is 0 Å². The molecule has 0 radical (unpaired) electrons. The van der Waals surface area contributed by atoms with Crippen LogP contribution in [0.3, 0.4) is 0 Å². The van der Waals surface area contributed by atoms with E-state index in [9.17, 15) is 0 Å². The van der Waals surface area contributed by atoms with Crippen molar-refractivity contribution >= 4 is 22.6 Å². The van der Waals surface area contributed by atoms with E-state index in [1.54, 1.807) is 0 Å². The molecule has 3 atom stereocenters. The smallest absolute Gasteiger partial charge is 0.0859 e. The Morgan fingerprint density at radius 2 is 1.94 bits per heavy atom. The van der Waals surface area contributed by atoms with Crippen molar-refractivity contribution in [2.75, 3.05) is 0 Å². The van der Waals surface area contributed by atoms with E-state index in [2.05, 4.69) is 51.4 Å². The molecule has 2 aliphatic rings. The fourth-order valence-corrected chi connectivity index (χ4v) is 4.51. The number of alkyl halides is 1. The zero-order chi connectivity index (χ0) is 11.3. The lowest BCUT2D eigenvalue weighted by Crippen LogP contribution is -2.10. The molecule has 0 aromatic carbocycles. The highest BCUT2D eigenvalue weighted by Gasteiger charge is 2.48. The van der Waals surface area contributed by atoms with Gasteiger partial charge in [-0.1, -0.05) is 27.8 Å². The maximum Gasteiger partial charge on any atom is 0.0859 e. The molecule has 1 fully saturated rings. The first-order valence-corrected chi connectivity index (χ1v) is 7.50. The van der Waals surface area contributed by atoms with Crippen LogP contribution in [-0.4, -0.2) is 18.9 Å². The SMILES string of the molecule is CC(C)n1nnc2c1CCC1C(I)C1CC2. The van der Waals surface area contributed by atoms with Crippen LogP contribution in [0.5, 0.6) is 0 Å². The second-order valence-electron chi connectivity index (χ2n) is 5.37. The van der Waals surface area contributed by atoms with Gasteiger partial charge in [0.05, 0.1) is 11.4 Å². The normalized spacial score (nSPS) is 32.9. The van der Waals surface area contributed by atoms with Crippen molar-refractivity contribution in [3.63, 3.8) is 0 Å². The average Bonchev–Trinajstić information content (AvgIpc) is 2.67. The maximum atomic E-state index is 4.37. The molecule has 16 heavy (non-hydrogen) atoms. The molecule has 0 aliphatic heterocycles. The molecule has 0 amide bonds. The van der Waals surface area contributed by atoms with Gasteiger partial charge in [-0.05, 0) is 51.4 Å². The summed E-state index contributed by atoms with van der Waals surface area (Å²) in [6.07, 6.45) is 4.98. The highest BCUT2D eigenvalue weighted by atomic mass is 127. The van der Waals surface area contributed by atoms with Crippen LogP contribution in [0, 0.1) is 11.8 Å². The van der Waals surface area contributed by atoms with E-state index in [1.807, 2.05) is 0 Å². The molecule has 3 rings (SSSR count). The van der Waals surface area contributed by atoms with Crippen LogP contribution in [0.2, 0.25) is 0 Å². The zero-order valence-electron chi connectivity index (χ0n) is 9.86. The molecule has 3 unspecified atom stereocenters. The van der Waals surface area contributed by atoms with E-state index in [1.165, 1.54) is 30.7 Å². The molecular weight excluding hydrogens is 313 g/mol. The first kappa shape index (κ1) is 11.0. The number of hydrogen-bond donors (Lipinski definition) is 0. The Kier molecular flexibility index (Phi) is 2.72. The van der Waals surface area contributed by atoms with Gasteiger partial charge in [0, 0.05) is 9.97 Å². The third kappa shape index (κ3) is 1.69. The standard InChI is InChI=1S/C12H18IN3/c1-7(2)16-11-6-4-9-8(12(9)13)3-5-10(11)14-15-16/h7-9,12H,3-6H2,1-2H3. The highest BCUT2D eigenvalue weighted by molar-refractivity contribution is 14.1. The average molecular weight is 331 g/mol. The van der Waals surface area contributed by atoms with Crippen molar-refractivity contribution in [1.29, 1.82) is 0 Å². The molecule has 2 aliphatic carbocycles. The first-order chi connectivity index (χ1) is 7.68. The lowest BCUT2D eigenvalue weighted by Gasteiger charge is -2.12. The number of aryl methyl sites for hydroxylation is 1. The summed E-state index contributed by atoms with van der Waals surface area (Å²) < 4.78 is 3.06. The summed E-state index contributed by atoms with van der Waals surface area (Å²) in [6, 6.07) is 0.445. The molecule has 0 bridgehead atoms. The molecule has 3 nitrogen and oxygen atoms in total. The van der Waals surface area contributed by atoms with Gasteiger partial charge in [-0.2, -0.15) is 0 Å². The Morgan fingerprint density at radius 1 is 1.25 bits per heavy atom. The molecule has 1 aromatic rings. The van der Waals surface area contributed by atoms with Crippen molar-refractivity contribution in [2.45, 2.75) is 49.5 Å². The molecular formula is C12H18IN3. The van der Waals surface area contributed by atoms with Gasteiger partial charge in [0.15, 0.2) is 0 Å². The Labute approximate surface area is 110 Å². The van der Waals surface area contributed by atoms with E-state index in [0.29, 0.717) is 6.04 Å². The maximum absolute atomic E-state index is 4.37. The predicted octanol–water partition coefficient (Wildman–Crippen LogP) is 2.79.